The minimum absolute atomic E-state index is 0.230. The number of rotatable bonds is 6. The summed E-state index contributed by atoms with van der Waals surface area (Å²) in [5, 5.41) is 11.7. The average molecular weight is 433 g/mol. The van der Waals surface area contributed by atoms with E-state index in [1.54, 1.807) is 12.3 Å². The molecule has 1 aromatic heterocycles. The Bertz CT molecular complexity index is 1030. The number of halogens is 1. The fraction of sp³-hybridized carbons (Fsp3) is 0.370. The van der Waals surface area contributed by atoms with Crippen LogP contribution in [0.4, 0.5) is 4.39 Å². The highest BCUT2D eigenvalue weighted by atomic mass is 19.1. The maximum absolute atomic E-state index is 13.3. The largest absolute Gasteiger partial charge is 0.489 e. The highest BCUT2D eigenvalue weighted by Gasteiger charge is 2.51. The van der Waals surface area contributed by atoms with Crippen LogP contribution in [0.25, 0.3) is 0 Å². The molecule has 2 fully saturated rings. The van der Waals surface area contributed by atoms with Crippen LogP contribution in [-0.4, -0.2) is 28.1 Å². The molecule has 1 aliphatic carbocycles. The molecule has 2 unspecified atom stereocenters. The predicted molar refractivity (Wildman–Crippen MR) is 121 cm³/mol. The maximum Gasteiger partial charge on any atom is 0.123 e. The lowest BCUT2D eigenvalue weighted by Crippen LogP contribution is -2.57. The van der Waals surface area contributed by atoms with Gasteiger partial charge in [0.2, 0.25) is 0 Å². The topological polar surface area (TPSA) is 45.6 Å². The molecule has 2 aromatic carbocycles. The number of aliphatic hydroxyl groups is 1. The number of aromatic nitrogens is 1. The molecule has 2 bridgehead atoms. The van der Waals surface area contributed by atoms with Crippen LogP contribution in [0.5, 0.6) is 5.75 Å². The standard InChI is InChI=1S/C27H29FN2O2/c28-25-8-1-4-21(14-25)19-32-26-11-9-20(10-12-26)16-30-17-23-5-2-6-24(18-30)27(23,31)22-7-3-13-29-15-22/h1,3-4,7-15,23-24,31H,2,5-6,16-19H2. The molecule has 3 aromatic rings. The summed E-state index contributed by atoms with van der Waals surface area (Å²) in [6.07, 6.45) is 6.88. The maximum atomic E-state index is 13.3. The van der Waals surface area contributed by atoms with E-state index in [-0.39, 0.29) is 17.7 Å². The minimum Gasteiger partial charge on any atom is -0.489 e. The van der Waals surface area contributed by atoms with Gasteiger partial charge in [0, 0.05) is 49.4 Å². The van der Waals surface area contributed by atoms with Gasteiger partial charge in [0.25, 0.3) is 0 Å². The van der Waals surface area contributed by atoms with Crippen molar-refractivity contribution in [2.45, 2.75) is 38.0 Å². The van der Waals surface area contributed by atoms with Gasteiger partial charge < -0.3 is 9.84 Å². The summed E-state index contributed by atoms with van der Waals surface area (Å²) in [5.41, 5.74) is 2.25. The first-order valence-corrected chi connectivity index (χ1v) is 11.4. The molecule has 5 rings (SSSR count). The van der Waals surface area contributed by atoms with Gasteiger partial charge in [0.15, 0.2) is 0 Å². The fourth-order valence-electron chi connectivity index (χ4n) is 5.49. The summed E-state index contributed by atoms with van der Waals surface area (Å²) in [4.78, 5) is 6.74. The third-order valence-corrected chi connectivity index (χ3v) is 7.06. The smallest absolute Gasteiger partial charge is 0.123 e. The van der Waals surface area contributed by atoms with Crippen LogP contribution >= 0.6 is 0 Å². The first-order chi connectivity index (χ1) is 15.6. The molecule has 4 nitrogen and oxygen atoms in total. The summed E-state index contributed by atoms with van der Waals surface area (Å²) < 4.78 is 19.1. The Labute approximate surface area is 188 Å². The van der Waals surface area contributed by atoms with Gasteiger partial charge in [0.05, 0.1) is 5.60 Å². The number of benzene rings is 2. The molecule has 2 heterocycles. The molecule has 1 saturated heterocycles. The van der Waals surface area contributed by atoms with Crippen molar-refractivity contribution in [2.24, 2.45) is 11.8 Å². The summed E-state index contributed by atoms with van der Waals surface area (Å²) in [5.74, 6) is 0.990. The van der Waals surface area contributed by atoms with Crippen LogP contribution in [0, 0.1) is 17.7 Å². The van der Waals surface area contributed by atoms with Crippen molar-refractivity contribution >= 4 is 0 Å². The first-order valence-electron chi connectivity index (χ1n) is 11.4. The molecular formula is C27H29FN2O2. The summed E-state index contributed by atoms with van der Waals surface area (Å²) in [6.45, 7) is 2.99. The predicted octanol–water partition coefficient (Wildman–Crippen LogP) is 4.92. The van der Waals surface area contributed by atoms with E-state index in [4.69, 9.17) is 4.74 Å². The third-order valence-electron chi connectivity index (χ3n) is 7.06. The monoisotopic (exact) mass is 432 g/mol. The molecule has 2 atom stereocenters. The second-order valence-corrected chi connectivity index (χ2v) is 9.15. The van der Waals surface area contributed by atoms with Crippen molar-refractivity contribution in [3.8, 4) is 5.75 Å². The van der Waals surface area contributed by atoms with Crippen molar-refractivity contribution in [2.75, 3.05) is 13.1 Å². The molecule has 5 heteroatoms. The molecule has 2 aliphatic rings. The van der Waals surface area contributed by atoms with Crippen LogP contribution < -0.4 is 4.74 Å². The van der Waals surface area contributed by atoms with Gasteiger partial charge in [-0.15, -0.1) is 0 Å². The van der Waals surface area contributed by atoms with Crippen molar-refractivity contribution in [1.29, 1.82) is 0 Å². The van der Waals surface area contributed by atoms with Crippen molar-refractivity contribution in [1.82, 2.24) is 9.88 Å². The number of nitrogens with zero attached hydrogens (tertiary/aromatic N) is 2. The Hall–Kier alpha value is -2.76. The molecule has 1 aliphatic heterocycles. The highest BCUT2D eigenvalue weighted by Crippen LogP contribution is 2.49. The summed E-state index contributed by atoms with van der Waals surface area (Å²) in [6, 6.07) is 18.6. The van der Waals surface area contributed by atoms with Crippen molar-refractivity contribution in [3.05, 3.63) is 95.6 Å². The fourth-order valence-corrected chi connectivity index (χ4v) is 5.49. The van der Waals surface area contributed by atoms with E-state index in [9.17, 15) is 9.50 Å². The van der Waals surface area contributed by atoms with Gasteiger partial charge in [-0.3, -0.25) is 9.88 Å². The van der Waals surface area contributed by atoms with Gasteiger partial charge in [-0.25, -0.2) is 4.39 Å². The van der Waals surface area contributed by atoms with Crippen LogP contribution in [-0.2, 0) is 18.8 Å². The van der Waals surface area contributed by atoms with E-state index >= 15 is 0 Å². The number of fused-ring (bicyclic) bond motifs is 2. The van der Waals surface area contributed by atoms with Crippen molar-refractivity contribution in [3.63, 3.8) is 0 Å². The lowest BCUT2D eigenvalue weighted by Gasteiger charge is -2.53. The third kappa shape index (κ3) is 4.27. The van der Waals surface area contributed by atoms with Gasteiger partial charge in [-0.1, -0.05) is 36.8 Å². The second kappa shape index (κ2) is 9.00. The molecule has 0 amide bonds. The number of piperidine rings is 1. The SMILES string of the molecule is OC1(c2cccnc2)C2CCCC1CN(Cc1ccc(OCc3cccc(F)c3)cc1)C2. The van der Waals surface area contributed by atoms with E-state index in [0.717, 1.165) is 49.4 Å². The molecular weight excluding hydrogens is 403 g/mol. The van der Waals surface area contributed by atoms with E-state index in [1.165, 1.54) is 24.1 Å². The normalized spacial score (nSPS) is 25.4. The van der Waals surface area contributed by atoms with Crippen LogP contribution in [0.3, 0.4) is 0 Å². The number of pyridine rings is 1. The number of likely N-dealkylation sites (tertiary alicyclic amines) is 1. The number of ether oxygens (including phenoxy) is 1. The Kier molecular flexibility index (Phi) is 5.94. The van der Waals surface area contributed by atoms with Crippen LogP contribution in [0.2, 0.25) is 0 Å². The molecule has 0 spiro atoms. The molecule has 32 heavy (non-hydrogen) atoms. The number of hydrogen-bond acceptors (Lipinski definition) is 4. The zero-order chi connectivity index (χ0) is 22.0. The minimum atomic E-state index is -0.766. The van der Waals surface area contributed by atoms with Gasteiger partial charge in [-0.2, -0.15) is 0 Å². The Balaban J connectivity index is 1.22. The summed E-state index contributed by atoms with van der Waals surface area (Å²) >= 11 is 0. The van der Waals surface area contributed by atoms with Crippen LogP contribution in [0.1, 0.15) is 36.0 Å². The highest BCUT2D eigenvalue weighted by molar-refractivity contribution is 5.29. The van der Waals surface area contributed by atoms with Crippen molar-refractivity contribution < 1.29 is 14.2 Å². The second-order valence-electron chi connectivity index (χ2n) is 9.15. The molecule has 0 radical (unpaired) electrons. The zero-order valence-corrected chi connectivity index (χ0v) is 18.2. The molecule has 1 N–H and O–H groups in total. The Morgan fingerprint density at radius 2 is 1.78 bits per heavy atom. The van der Waals surface area contributed by atoms with Gasteiger partial charge >= 0.3 is 0 Å². The first kappa shape index (κ1) is 21.1. The quantitative estimate of drug-likeness (QED) is 0.601. The molecule has 1 saturated carbocycles. The van der Waals surface area contributed by atoms with Gasteiger partial charge in [0.1, 0.15) is 18.2 Å². The van der Waals surface area contributed by atoms with Crippen LogP contribution in [0.15, 0.2) is 73.1 Å². The van der Waals surface area contributed by atoms with E-state index in [1.807, 2.05) is 36.5 Å². The lowest BCUT2D eigenvalue weighted by molar-refractivity contribution is -0.148. The molecule has 166 valence electrons. The van der Waals surface area contributed by atoms with Gasteiger partial charge in [-0.05, 0) is 54.3 Å². The van der Waals surface area contributed by atoms with E-state index in [2.05, 4.69) is 22.0 Å². The lowest BCUT2D eigenvalue weighted by atomic mass is 9.63. The Morgan fingerprint density at radius 3 is 2.47 bits per heavy atom. The zero-order valence-electron chi connectivity index (χ0n) is 18.2. The van der Waals surface area contributed by atoms with E-state index in [0.29, 0.717) is 6.61 Å². The van der Waals surface area contributed by atoms with E-state index < -0.39 is 5.60 Å². The number of hydrogen-bond donors (Lipinski definition) is 1. The Morgan fingerprint density at radius 1 is 1.00 bits per heavy atom. The average Bonchev–Trinajstić information content (AvgIpc) is 2.80. The summed E-state index contributed by atoms with van der Waals surface area (Å²) in [7, 11) is 0.